The molecule has 2 aromatic heterocycles. The Kier molecular flexibility index (Phi) is 7.88. The number of nitrogens with one attached hydrogen (secondary N) is 3. The largest absolute Gasteiger partial charge is 0.507 e. The van der Waals surface area contributed by atoms with E-state index in [2.05, 4.69) is 81.8 Å². The van der Waals surface area contributed by atoms with Gasteiger partial charge in [-0.3, -0.25) is 5.41 Å². The molecule has 0 aliphatic rings. The maximum Gasteiger partial charge on any atom is 0.140 e. The van der Waals surface area contributed by atoms with Crippen molar-refractivity contribution in [3.05, 3.63) is 85.9 Å². The molecule has 5 nitrogen and oxygen atoms in total. The van der Waals surface area contributed by atoms with E-state index in [1.807, 2.05) is 29.6 Å². The van der Waals surface area contributed by atoms with E-state index >= 15 is 0 Å². The maximum absolute atomic E-state index is 11.0. The van der Waals surface area contributed by atoms with E-state index in [-0.39, 0.29) is 10.8 Å². The summed E-state index contributed by atoms with van der Waals surface area (Å²) in [5, 5.41) is 31.1. The molecule has 0 aliphatic carbocycles. The summed E-state index contributed by atoms with van der Waals surface area (Å²) in [6.07, 6.45) is 0. The first-order chi connectivity index (χ1) is 17.4. The van der Waals surface area contributed by atoms with Crippen molar-refractivity contribution >= 4 is 34.2 Å². The van der Waals surface area contributed by atoms with Crippen molar-refractivity contribution in [2.45, 2.75) is 65.5 Å². The molecular weight excluding hydrogens is 496 g/mol. The fraction of sp³-hybridized carbons (Fsp3) is 0.333. The standard InChI is InChI=1S/C30H36N4OS2/c1-29(2,3)22-14-20(15-23(27(22)35)30(4,5)6)24-18-37-26(34-24)17-32-16-19-9-7-10-21(13-19)33-28(31)25-11-8-12-36-25/h7-15,18,32,35H,16-17H2,1-6H3,(H2,31,33). The highest BCUT2D eigenvalue weighted by Crippen LogP contribution is 2.42. The molecule has 4 aromatic rings. The molecule has 2 aromatic carbocycles. The van der Waals surface area contributed by atoms with Gasteiger partial charge in [0.1, 0.15) is 16.6 Å². The topological polar surface area (TPSA) is 81.0 Å². The lowest BCUT2D eigenvalue weighted by Crippen LogP contribution is -2.17. The Labute approximate surface area is 228 Å². The number of amidine groups is 1. The third kappa shape index (κ3) is 6.66. The Balaban J connectivity index is 1.44. The van der Waals surface area contributed by atoms with Gasteiger partial charge in [0.25, 0.3) is 0 Å². The van der Waals surface area contributed by atoms with Crippen LogP contribution in [0.5, 0.6) is 5.75 Å². The molecule has 0 aliphatic heterocycles. The van der Waals surface area contributed by atoms with E-state index < -0.39 is 0 Å². The molecule has 0 saturated carbocycles. The molecule has 2 heterocycles. The highest BCUT2D eigenvalue weighted by molar-refractivity contribution is 7.12. The van der Waals surface area contributed by atoms with Gasteiger partial charge in [0, 0.05) is 40.8 Å². The first-order valence-electron chi connectivity index (χ1n) is 12.4. The Morgan fingerprint density at radius 2 is 1.62 bits per heavy atom. The third-order valence-corrected chi connectivity index (χ3v) is 7.88. The molecule has 4 N–H and O–H groups in total. The van der Waals surface area contributed by atoms with Gasteiger partial charge in [-0.1, -0.05) is 59.7 Å². The second-order valence-corrected chi connectivity index (χ2v) is 13.2. The SMILES string of the molecule is CC(C)(C)c1cc(-c2csc(CNCc3cccc(NC(=N)c4cccs4)c3)n2)cc(C(C)(C)C)c1O. The second kappa shape index (κ2) is 10.8. The van der Waals surface area contributed by atoms with Crippen LogP contribution in [0.2, 0.25) is 0 Å². The Hall–Kier alpha value is -3.00. The number of thiazole rings is 1. The molecule has 0 bridgehead atoms. The summed E-state index contributed by atoms with van der Waals surface area (Å²) < 4.78 is 0. The van der Waals surface area contributed by atoms with Gasteiger partial charge in [0.15, 0.2) is 0 Å². The number of nitrogens with zero attached hydrogens (tertiary/aromatic N) is 1. The molecule has 37 heavy (non-hydrogen) atoms. The van der Waals surface area contributed by atoms with Crippen LogP contribution in [0.25, 0.3) is 11.3 Å². The average Bonchev–Trinajstić information content (AvgIpc) is 3.51. The van der Waals surface area contributed by atoms with Crippen LogP contribution in [0.1, 0.15) is 68.1 Å². The lowest BCUT2D eigenvalue weighted by Gasteiger charge is -2.28. The van der Waals surface area contributed by atoms with Crippen LogP contribution in [0.3, 0.4) is 0 Å². The van der Waals surface area contributed by atoms with Crippen molar-refractivity contribution in [2.75, 3.05) is 5.32 Å². The number of rotatable bonds is 7. The number of anilines is 1. The molecule has 0 amide bonds. The molecule has 0 saturated heterocycles. The molecule has 7 heteroatoms. The van der Waals surface area contributed by atoms with Crippen LogP contribution in [-0.2, 0) is 23.9 Å². The highest BCUT2D eigenvalue weighted by atomic mass is 32.1. The van der Waals surface area contributed by atoms with Crippen molar-refractivity contribution in [2.24, 2.45) is 0 Å². The number of benzene rings is 2. The maximum atomic E-state index is 11.0. The lowest BCUT2D eigenvalue weighted by molar-refractivity contribution is 0.423. The van der Waals surface area contributed by atoms with E-state index in [1.165, 1.54) is 0 Å². The smallest absolute Gasteiger partial charge is 0.140 e. The quantitative estimate of drug-likeness (QED) is 0.144. The Morgan fingerprint density at radius 1 is 0.919 bits per heavy atom. The third-order valence-electron chi connectivity index (χ3n) is 6.14. The predicted octanol–water partition coefficient (Wildman–Crippen LogP) is 7.90. The van der Waals surface area contributed by atoms with Crippen molar-refractivity contribution < 1.29 is 5.11 Å². The minimum absolute atomic E-state index is 0.174. The second-order valence-electron chi connectivity index (χ2n) is 11.3. The minimum atomic E-state index is -0.174. The van der Waals surface area contributed by atoms with Crippen molar-refractivity contribution in [1.29, 1.82) is 5.41 Å². The summed E-state index contributed by atoms with van der Waals surface area (Å²) in [7, 11) is 0. The van der Waals surface area contributed by atoms with Crippen LogP contribution >= 0.6 is 22.7 Å². The van der Waals surface area contributed by atoms with Gasteiger partial charge >= 0.3 is 0 Å². The van der Waals surface area contributed by atoms with Crippen LogP contribution in [0.4, 0.5) is 5.69 Å². The predicted molar refractivity (Wildman–Crippen MR) is 158 cm³/mol. The lowest BCUT2D eigenvalue weighted by atomic mass is 9.78. The fourth-order valence-electron chi connectivity index (χ4n) is 4.15. The molecule has 0 atom stereocenters. The van der Waals surface area contributed by atoms with E-state index in [1.54, 1.807) is 22.7 Å². The fourth-order valence-corrected chi connectivity index (χ4v) is 5.55. The zero-order valence-corrected chi connectivity index (χ0v) is 24.0. The van der Waals surface area contributed by atoms with E-state index in [0.29, 0.717) is 24.7 Å². The molecular formula is C30H36N4OS2. The minimum Gasteiger partial charge on any atom is -0.507 e. The van der Waals surface area contributed by atoms with Gasteiger partial charge in [-0.05, 0) is 52.1 Å². The summed E-state index contributed by atoms with van der Waals surface area (Å²) in [6.45, 7) is 14.2. The summed E-state index contributed by atoms with van der Waals surface area (Å²) >= 11 is 3.20. The van der Waals surface area contributed by atoms with Crippen LogP contribution in [0.15, 0.2) is 59.3 Å². The summed E-state index contributed by atoms with van der Waals surface area (Å²) in [6, 6.07) is 16.2. The number of aromatic hydroxyl groups is 1. The summed E-state index contributed by atoms with van der Waals surface area (Å²) in [5.74, 6) is 0.803. The van der Waals surface area contributed by atoms with Gasteiger partial charge in [-0.25, -0.2) is 4.98 Å². The molecule has 0 unspecified atom stereocenters. The molecule has 0 fully saturated rings. The van der Waals surface area contributed by atoms with E-state index in [0.717, 1.165) is 43.5 Å². The van der Waals surface area contributed by atoms with Crippen molar-refractivity contribution in [3.8, 4) is 17.0 Å². The van der Waals surface area contributed by atoms with Crippen LogP contribution in [0, 0.1) is 5.41 Å². The summed E-state index contributed by atoms with van der Waals surface area (Å²) in [5.41, 5.74) is 5.58. The van der Waals surface area contributed by atoms with Crippen molar-refractivity contribution in [1.82, 2.24) is 10.3 Å². The zero-order chi connectivity index (χ0) is 26.8. The van der Waals surface area contributed by atoms with Gasteiger partial charge in [-0.15, -0.1) is 22.7 Å². The normalized spacial score (nSPS) is 12.1. The summed E-state index contributed by atoms with van der Waals surface area (Å²) in [4.78, 5) is 5.83. The van der Waals surface area contributed by atoms with Gasteiger partial charge in [-0.2, -0.15) is 0 Å². The van der Waals surface area contributed by atoms with Gasteiger partial charge in [0.05, 0.1) is 10.6 Å². The van der Waals surface area contributed by atoms with E-state index in [9.17, 15) is 5.11 Å². The Bertz CT molecular complexity index is 1340. The average molecular weight is 533 g/mol. The number of phenolic OH excluding ortho intramolecular Hbond substituents is 1. The van der Waals surface area contributed by atoms with Crippen LogP contribution < -0.4 is 10.6 Å². The number of thiophene rings is 1. The molecule has 194 valence electrons. The number of hydrogen-bond acceptors (Lipinski definition) is 6. The molecule has 4 rings (SSSR count). The van der Waals surface area contributed by atoms with Crippen LogP contribution in [-0.4, -0.2) is 15.9 Å². The molecule has 0 spiro atoms. The zero-order valence-electron chi connectivity index (χ0n) is 22.4. The molecule has 0 radical (unpaired) electrons. The van der Waals surface area contributed by atoms with E-state index in [4.69, 9.17) is 10.4 Å². The van der Waals surface area contributed by atoms with Crippen molar-refractivity contribution in [3.63, 3.8) is 0 Å². The Morgan fingerprint density at radius 3 is 2.24 bits per heavy atom. The van der Waals surface area contributed by atoms with Gasteiger partial charge in [0.2, 0.25) is 0 Å². The number of phenols is 1. The first kappa shape index (κ1) is 27.0. The monoisotopic (exact) mass is 532 g/mol. The number of aromatic nitrogens is 1. The highest BCUT2D eigenvalue weighted by Gasteiger charge is 2.27. The van der Waals surface area contributed by atoms with Gasteiger partial charge < -0.3 is 15.7 Å². The number of hydrogen-bond donors (Lipinski definition) is 4. The first-order valence-corrected chi connectivity index (χ1v) is 14.2.